The van der Waals surface area contributed by atoms with Gasteiger partial charge in [-0.1, -0.05) is 67.9 Å². The summed E-state index contributed by atoms with van der Waals surface area (Å²) in [6, 6.07) is 13.1. The van der Waals surface area contributed by atoms with E-state index in [1.807, 2.05) is 30.3 Å². The van der Waals surface area contributed by atoms with Crippen LogP contribution in [0.5, 0.6) is 5.75 Å². The highest BCUT2D eigenvalue weighted by Gasteiger charge is 2.30. The maximum Gasteiger partial charge on any atom is 0.308 e. The number of aliphatic hydroxyl groups excluding tert-OH is 2. The molecule has 224 valence electrons. The number of benzene rings is 2. The first-order valence-corrected chi connectivity index (χ1v) is 13.6. The molecule has 0 saturated carbocycles. The molecule has 11 heteroatoms. The molecule has 0 aliphatic rings. The van der Waals surface area contributed by atoms with Crippen molar-refractivity contribution in [1.82, 2.24) is 10.6 Å². The Morgan fingerprint density at radius 1 is 1.05 bits per heavy atom. The third-order valence-electron chi connectivity index (χ3n) is 6.78. The predicted octanol–water partition coefficient (Wildman–Crippen LogP) is 2.90. The first-order valence-electron chi connectivity index (χ1n) is 13.2. The second-order valence-electron chi connectivity index (χ2n) is 9.84. The van der Waals surface area contributed by atoms with Gasteiger partial charge >= 0.3 is 5.97 Å². The van der Waals surface area contributed by atoms with Crippen LogP contribution in [0.25, 0.3) is 0 Å². The molecule has 2 aromatic carbocycles. The third kappa shape index (κ3) is 10.5. The first kappa shape index (κ1) is 33.8. The number of halogens is 1. The Labute approximate surface area is 245 Å². The molecule has 0 radical (unpaired) electrons. The molecule has 6 unspecified atom stereocenters. The zero-order valence-electron chi connectivity index (χ0n) is 23.6. The van der Waals surface area contributed by atoms with E-state index in [1.165, 1.54) is 33.3 Å². The van der Waals surface area contributed by atoms with E-state index in [2.05, 4.69) is 10.6 Å². The van der Waals surface area contributed by atoms with Crippen molar-refractivity contribution in [2.24, 2.45) is 11.8 Å². The van der Waals surface area contributed by atoms with Gasteiger partial charge in [-0.3, -0.25) is 14.4 Å². The lowest BCUT2D eigenvalue weighted by Gasteiger charge is -2.29. The number of carbonyl (C=O) groups is 3. The SMILES string of the molecule is COc1ccc(CC(NC(=O)/C=C/CC(O)C(C)C(O)C(OC)c2ccccc2)C(=O)NCC(C)C(=O)O)cc1Cl. The molecular weight excluding hydrogens is 552 g/mol. The second-order valence-corrected chi connectivity index (χ2v) is 10.2. The number of aliphatic carboxylic acids is 1. The largest absolute Gasteiger partial charge is 0.495 e. The van der Waals surface area contributed by atoms with Crippen molar-refractivity contribution in [3.8, 4) is 5.75 Å². The van der Waals surface area contributed by atoms with Crippen molar-refractivity contribution >= 4 is 29.4 Å². The molecule has 0 aliphatic heterocycles. The molecule has 0 spiro atoms. The summed E-state index contributed by atoms with van der Waals surface area (Å²) in [5, 5.41) is 36.1. The molecule has 2 amide bonds. The minimum Gasteiger partial charge on any atom is -0.495 e. The molecular formula is C30H39ClN2O8. The van der Waals surface area contributed by atoms with Gasteiger partial charge in [0, 0.05) is 26.0 Å². The number of hydrogen-bond donors (Lipinski definition) is 5. The average Bonchev–Trinajstić information content (AvgIpc) is 2.95. The van der Waals surface area contributed by atoms with Crippen LogP contribution >= 0.6 is 11.6 Å². The molecule has 2 rings (SSSR count). The zero-order valence-corrected chi connectivity index (χ0v) is 24.4. The maximum atomic E-state index is 12.9. The number of methoxy groups -OCH3 is 2. The van der Waals surface area contributed by atoms with Crippen LogP contribution in [0.4, 0.5) is 0 Å². The van der Waals surface area contributed by atoms with Gasteiger partial charge in [0.15, 0.2) is 0 Å². The number of carbonyl (C=O) groups excluding carboxylic acids is 2. The van der Waals surface area contributed by atoms with Crippen LogP contribution in [0.1, 0.15) is 37.5 Å². The maximum absolute atomic E-state index is 12.9. The molecule has 0 fully saturated rings. The quantitative estimate of drug-likeness (QED) is 0.187. The van der Waals surface area contributed by atoms with Crippen molar-refractivity contribution in [2.75, 3.05) is 20.8 Å². The fourth-order valence-corrected chi connectivity index (χ4v) is 4.39. The summed E-state index contributed by atoms with van der Waals surface area (Å²) in [5.74, 6) is -3.15. The summed E-state index contributed by atoms with van der Waals surface area (Å²) in [7, 11) is 2.96. The molecule has 10 nitrogen and oxygen atoms in total. The number of carboxylic acid groups (broad SMARTS) is 1. The van der Waals surface area contributed by atoms with E-state index in [0.29, 0.717) is 16.3 Å². The minimum atomic E-state index is -1.06. The molecule has 0 aromatic heterocycles. The van der Waals surface area contributed by atoms with E-state index < -0.39 is 54.0 Å². The van der Waals surface area contributed by atoms with E-state index >= 15 is 0 Å². The minimum absolute atomic E-state index is 0.0674. The van der Waals surface area contributed by atoms with Gasteiger partial charge in [0.2, 0.25) is 11.8 Å². The van der Waals surface area contributed by atoms with E-state index in [9.17, 15) is 24.6 Å². The molecule has 41 heavy (non-hydrogen) atoms. The lowest BCUT2D eigenvalue weighted by molar-refractivity contribution is -0.141. The second kappa shape index (κ2) is 16.7. The topological polar surface area (TPSA) is 154 Å². The van der Waals surface area contributed by atoms with Gasteiger partial charge in [-0.2, -0.15) is 0 Å². The lowest BCUT2D eigenvalue weighted by atomic mass is 9.89. The first-order chi connectivity index (χ1) is 19.5. The average molecular weight is 591 g/mol. The molecule has 0 heterocycles. The molecule has 2 aromatic rings. The van der Waals surface area contributed by atoms with Crippen LogP contribution in [0.3, 0.4) is 0 Å². The van der Waals surface area contributed by atoms with Gasteiger partial charge in [-0.25, -0.2) is 0 Å². The molecule has 0 bridgehead atoms. The summed E-state index contributed by atoms with van der Waals surface area (Å²) in [4.78, 5) is 36.7. The van der Waals surface area contributed by atoms with E-state index in [1.54, 1.807) is 25.1 Å². The summed E-state index contributed by atoms with van der Waals surface area (Å²) in [6.07, 6.45) is 0.194. The standard InChI is InChI=1S/C30H39ClN2O8/c1-18(30(38)39)17-32-29(37)23(16-20-13-14-25(40-3)22(31)15-20)33-26(35)12-8-11-24(34)19(2)27(36)28(41-4)21-9-6-5-7-10-21/h5-10,12-15,18-19,23-24,27-28,34,36H,11,16-17H2,1-4H3,(H,32,37)(H,33,35)(H,38,39)/b12-8+. The van der Waals surface area contributed by atoms with Gasteiger partial charge in [-0.05, 0) is 35.8 Å². The van der Waals surface area contributed by atoms with Gasteiger partial charge in [0.25, 0.3) is 0 Å². The van der Waals surface area contributed by atoms with Crippen LogP contribution in [0, 0.1) is 11.8 Å². The molecule has 0 saturated heterocycles. The number of rotatable bonds is 16. The summed E-state index contributed by atoms with van der Waals surface area (Å²) in [5.41, 5.74) is 1.42. The Bertz CT molecular complexity index is 1180. The Balaban J connectivity index is 2.05. The monoisotopic (exact) mass is 590 g/mol. The van der Waals surface area contributed by atoms with Crippen LogP contribution < -0.4 is 15.4 Å². The molecule has 0 aliphatic carbocycles. The summed E-state index contributed by atoms with van der Waals surface area (Å²) >= 11 is 6.21. The van der Waals surface area contributed by atoms with E-state index in [4.69, 9.17) is 26.2 Å². The Morgan fingerprint density at radius 2 is 1.73 bits per heavy atom. The van der Waals surface area contributed by atoms with Crippen LogP contribution in [-0.2, 0) is 25.5 Å². The van der Waals surface area contributed by atoms with Gasteiger partial charge in [0.1, 0.15) is 17.9 Å². The lowest BCUT2D eigenvalue weighted by Crippen LogP contribution is -2.48. The Kier molecular flexibility index (Phi) is 13.8. The number of nitrogens with one attached hydrogen (secondary N) is 2. The van der Waals surface area contributed by atoms with Crippen molar-refractivity contribution < 1.29 is 39.2 Å². The fraction of sp³-hybridized carbons (Fsp3) is 0.433. The number of aliphatic hydroxyl groups is 2. The summed E-state index contributed by atoms with van der Waals surface area (Å²) < 4.78 is 10.6. The smallest absolute Gasteiger partial charge is 0.308 e. The van der Waals surface area contributed by atoms with Gasteiger partial charge in [0.05, 0.1) is 30.3 Å². The highest BCUT2D eigenvalue weighted by molar-refractivity contribution is 6.32. The van der Waals surface area contributed by atoms with Gasteiger partial charge in [-0.15, -0.1) is 0 Å². The van der Waals surface area contributed by atoms with Crippen molar-refractivity contribution in [1.29, 1.82) is 0 Å². The van der Waals surface area contributed by atoms with Crippen molar-refractivity contribution in [3.05, 3.63) is 76.8 Å². The van der Waals surface area contributed by atoms with Gasteiger partial charge < -0.3 is 35.4 Å². The fourth-order valence-electron chi connectivity index (χ4n) is 4.11. The molecule has 6 atom stereocenters. The Morgan fingerprint density at radius 3 is 2.32 bits per heavy atom. The normalized spacial score (nSPS) is 15.8. The van der Waals surface area contributed by atoms with E-state index in [-0.39, 0.29) is 19.4 Å². The Hall–Kier alpha value is -3.44. The number of carboxylic acids is 1. The number of amides is 2. The third-order valence-corrected chi connectivity index (χ3v) is 7.07. The van der Waals surface area contributed by atoms with Crippen LogP contribution in [0.2, 0.25) is 5.02 Å². The molecule has 5 N–H and O–H groups in total. The zero-order chi connectivity index (χ0) is 30.5. The van der Waals surface area contributed by atoms with Crippen LogP contribution in [0.15, 0.2) is 60.7 Å². The highest BCUT2D eigenvalue weighted by Crippen LogP contribution is 2.28. The highest BCUT2D eigenvalue weighted by atomic mass is 35.5. The predicted molar refractivity (Wildman–Crippen MR) is 155 cm³/mol. The van der Waals surface area contributed by atoms with Crippen LogP contribution in [-0.4, -0.2) is 72.1 Å². The number of ether oxygens (including phenoxy) is 2. The van der Waals surface area contributed by atoms with Crippen molar-refractivity contribution in [2.45, 2.75) is 51.0 Å². The van der Waals surface area contributed by atoms with E-state index in [0.717, 1.165) is 5.56 Å². The summed E-state index contributed by atoms with van der Waals surface area (Å²) in [6.45, 7) is 3.04. The van der Waals surface area contributed by atoms with Crippen molar-refractivity contribution in [3.63, 3.8) is 0 Å². The number of hydrogen-bond acceptors (Lipinski definition) is 7.